The van der Waals surface area contributed by atoms with E-state index in [4.69, 9.17) is 9.90 Å². The van der Waals surface area contributed by atoms with Crippen molar-refractivity contribution in [3.05, 3.63) is 7.43 Å². The first-order valence-corrected chi connectivity index (χ1v) is 0.908. The summed E-state index contributed by atoms with van der Waals surface area (Å²) in [5.74, 6) is -1.08. The van der Waals surface area contributed by atoms with Crippen molar-refractivity contribution in [2.45, 2.75) is 6.92 Å². The monoisotopic (exact) mass is 156 g/mol. The normalized spacial score (nSPS) is 3.57. The van der Waals surface area contributed by atoms with E-state index < -0.39 is 5.97 Å². The van der Waals surface area contributed by atoms with Crippen molar-refractivity contribution >= 4 is 5.97 Å². The number of carboxylic acid groups (broad SMARTS) is 1. The van der Waals surface area contributed by atoms with Crippen LogP contribution in [0.5, 0.6) is 0 Å². The quantitative estimate of drug-likeness (QED) is 0.313. The van der Waals surface area contributed by atoms with Crippen molar-refractivity contribution in [3.8, 4) is 0 Å². The van der Waals surface area contributed by atoms with E-state index in [2.05, 4.69) is 0 Å². The minimum absolute atomic E-state index is 0. The summed E-state index contributed by atoms with van der Waals surface area (Å²) in [4.78, 5) is 8.89. The largest absolute Gasteiger partial charge is 2.00 e. The van der Waals surface area contributed by atoms with Crippen LogP contribution in [0.4, 0.5) is 0 Å². The summed E-state index contributed by atoms with van der Waals surface area (Å²) in [6.07, 6.45) is 0. The fourth-order valence-corrected chi connectivity index (χ4v) is 0. The molecule has 0 aromatic rings. The summed E-state index contributed by atoms with van der Waals surface area (Å²) in [7, 11) is 0. The Balaban J connectivity index is -0.0000000150. The van der Waals surface area contributed by atoms with Crippen molar-refractivity contribution in [1.82, 2.24) is 0 Å². The van der Waals surface area contributed by atoms with E-state index in [9.17, 15) is 0 Å². The first-order valence-electron chi connectivity index (χ1n) is 0.908. The van der Waals surface area contributed by atoms with Gasteiger partial charge in [0.15, 0.2) is 0 Å². The van der Waals surface area contributed by atoms with Gasteiger partial charge in [-0.05, 0) is 6.92 Å². The molecule has 4 heteroatoms. The summed E-state index contributed by atoms with van der Waals surface area (Å²) in [6, 6.07) is 0. The first-order chi connectivity index (χ1) is 1.73. The van der Waals surface area contributed by atoms with Crippen LogP contribution in [-0.4, -0.2) is 11.4 Å². The Kier molecular flexibility index (Phi) is 65.7. The molecule has 3 nitrogen and oxygen atoms in total. The molecule has 0 saturated carbocycles. The topological polar surface area (TPSA) is 71.6 Å². The molecular weight excluding hydrogens is 149 g/mol. The zero-order valence-corrected chi connectivity index (χ0v) is 7.49. The molecule has 0 radical (unpaired) electrons. The molecule has 0 atom stereocenters. The second kappa shape index (κ2) is 16.6. The Bertz CT molecular complexity index is 33.2. The van der Waals surface area contributed by atoms with E-state index in [1.54, 1.807) is 0 Å². The molecule has 0 bridgehead atoms. The van der Waals surface area contributed by atoms with Crippen LogP contribution >= 0.6 is 0 Å². The minimum atomic E-state index is -1.08. The predicted octanol–water partition coefficient (Wildman–Crippen LogP) is -1.62. The summed E-state index contributed by atoms with van der Waals surface area (Å²) in [5, 5.41) is 8.89. The van der Waals surface area contributed by atoms with Crippen LogP contribution in [0.2, 0.25) is 0 Å². The molecule has 7 heavy (non-hydrogen) atoms. The van der Waals surface area contributed by atoms with Crippen LogP contribution in [0.15, 0.2) is 0 Å². The molecular formula is C3H8O3Zn. The average molecular weight is 157 g/mol. The SMILES string of the molecule is CC(=O)[O-].O.[CH3-].[Zn+2]. The Morgan fingerprint density at radius 2 is 1.57 bits per heavy atom. The molecule has 0 amide bonds. The third-order valence-corrected chi connectivity index (χ3v) is 0. The molecule has 0 spiro atoms. The molecule has 0 unspecified atom stereocenters. The first kappa shape index (κ1) is 27.7. The van der Waals surface area contributed by atoms with E-state index in [1.807, 2.05) is 0 Å². The second-order valence-electron chi connectivity index (χ2n) is 0.492. The number of carbonyl (C=O) groups excluding carboxylic acids is 1. The summed E-state index contributed by atoms with van der Waals surface area (Å²) in [5.41, 5.74) is 0. The van der Waals surface area contributed by atoms with E-state index in [0.29, 0.717) is 0 Å². The summed E-state index contributed by atoms with van der Waals surface area (Å²) < 4.78 is 0. The van der Waals surface area contributed by atoms with Gasteiger partial charge < -0.3 is 22.8 Å². The van der Waals surface area contributed by atoms with Crippen LogP contribution in [0.1, 0.15) is 6.92 Å². The number of hydrogen-bond acceptors (Lipinski definition) is 2. The van der Waals surface area contributed by atoms with Gasteiger partial charge in [0, 0.05) is 5.97 Å². The molecule has 0 aliphatic carbocycles. The standard InChI is InChI=1S/C2H4O2.CH3.H2O.Zn/c1-2(3)4;;;/h1H3,(H,3,4);1H3;1H2;/q;-1;;+2/p-1. The van der Waals surface area contributed by atoms with Crippen LogP contribution in [0, 0.1) is 7.43 Å². The van der Waals surface area contributed by atoms with Gasteiger partial charge in [-0.1, -0.05) is 0 Å². The van der Waals surface area contributed by atoms with Crippen molar-refractivity contribution in [2.75, 3.05) is 0 Å². The summed E-state index contributed by atoms with van der Waals surface area (Å²) >= 11 is 0. The molecule has 0 saturated heterocycles. The van der Waals surface area contributed by atoms with Gasteiger partial charge in [-0.2, -0.15) is 0 Å². The fourth-order valence-electron chi connectivity index (χ4n) is 0. The molecule has 0 fully saturated rings. The Morgan fingerprint density at radius 1 is 1.57 bits per heavy atom. The molecule has 0 aliphatic rings. The van der Waals surface area contributed by atoms with Crippen molar-refractivity contribution in [2.24, 2.45) is 0 Å². The molecule has 0 aliphatic heterocycles. The molecule has 0 aromatic heterocycles. The van der Waals surface area contributed by atoms with Crippen LogP contribution in [0.25, 0.3) is 0 Å². The minimum Gasteiger partial charge on any atom is -0.550 e. The molecule has 2 N–H and O–H groups in total. The van der Waals surface area contributed by atoms with Crippen LogP contribution < -0.4 is 5.11 Å². The fraction of sp³-hybridized carbons (Fsp3) is 0.333. The number of carboxylic acids is 1. The van der Waals surface area contributed by atoms with Gasteiger partial charge in [-0.3, -0.25) is 0 Å². The van der Waals surface area contributed by atoms with E-state index >= 15 is 0 Å². The van der Waals surface area contributed by atoms with Gasteiger partial charge >= 0.3 is 19.5 Å². The van der Waals surface area contributed by atoms with Crippen LogP contribution in [-0.2, 0) is 24.3 Å². The third kappa shape index (κ3) is 34900. The Hall–Kier alpha value is 0.0534. The van der Waals surface area contributed by atoms with Gasteiger partial charge in [0.2, 0.25) is 0 Å². The smallest absolute Gasteiger partial charge is 0.550 e. The third-order valence-electron chi connectivity index (χ3n) is 0. The maximum Gasteiger partial charge on any atom is 2.00 e. The zero-order valence-electron chi connectivity index (χ0n) is 4.52. The maximum atomic E-state index is 8.89. The average Bonchev–Trinajstić information content (AvgIpc) is 0.811. The number of rotatable bonds is 0. The van der Waals surface area contributed by atoms with Crippen LogP contribution in [0.3, 0.4) is 0 Å². The van der Waals surface area contributed by atoms with Crippen molar-refractivity contribution in [1.29, 1.82) is 0 Å². The Morgan fingerprint density at radius 3 is 1.57 bits per heavy atom. The molecule has 40 valence electrons. The molecule has 0 rings (SSSR count). The number of hydrogen-bond donors (Lipinski definition) is 0. The maximum absolute atomic E-state index is 8.89. The van der Waals surface area contributed by atoms with Gasteiger partial charge in [-0.25, -0.2) is 0 Å². The van der Waals surface area contributed by atoms with Crippen molar-refractivity contribution in [3.63, 3.8) is 0 Å². The Labute approximate surface area is 55.8 Å². The second-order valence-corrected chi connectivity index (χ2v) is 0.492. The van der Waals surface area contributed by atoms with E-state index in [1.165, 1.54) is 0 Å². The summed E-state index contributed by atoms with van der Waals surface area (Å²) in [6.45, 7) is 0.972. The van der Waals surface area contributed by atoms with E-state index in [0.717, 1.165) is 6.92 Å². The van der Waals surface area contributed by atoms with Gasteiger partial charge in [0.05, 0.1) is 0 Å². The van der Waals surface area contributed by atoms with Gasteiger partial charge in [-0.15, -0.1) is 0 Å². The number of carbonyl (C=O) groups is 1. The number of aliphatic carboxylic acids is 1. The van der Waals surface area contributed by atoms with Crippen molar-refractivity contribution < 1.29 is 34.9 Å². The van der Waals surface area contributed by atoms with Gasteiger partial charge in [0.1, 0.15) is 0 Å². The predicted molar refractivity (Wildman–Crippen MR) is 20.7 cm³/mol. The zero-order chi connectivity index (χ0) is 3.58. The molecule has 0 aromatic carbocycles. The van der Waals surface area contributed by atoms with E-state index in [-0.39, 0.29) is 32.4 Å². The van der Waals surface area contributed by atoms with Gasteiger partial charge in [0.25, 0.3) is 0 Å². The molecule has 0 heterocycles.